The Balaban J connectivity index is 1.56. The Morgan fingerprint density at radius 2 is 2.08 bits per heavy atom. The molecule has 1 saturated heterocycles. The molecule has 0 radical (unpaired) electrons. The zero-order valence-corrected chi connectivity index (χ0v) is 14.9. The van der Waals surface area contributed by atoms with Crippen LogP contribution in [0.2, 0.25) is 0 Å². The lowest BCUT2D eigenvalue weighted by atomic mass is 9.92. The number of hydrogen-bond acceptors (Lipinski definition) is 5. The van der Waals surface area contributed by atoms with Crippen LogP contribution in [0.4, 0.5) is 5.88 Å². The summed E-state index contributed by atoms with van der Waals surface area (Å²) in [5, 5.41) is 6.71. The molecule has 0 bridgehead atoms. The van der Waals surface area contributed by atoms with Crippen molar-refractivity contribution in [3.05, 3.63) is 41.6 Å². The Morgan fingerprint density at radius 1 is 1.32 bits per heavy atom. The summed E-state index contributed by atoms with van der Waals surface area (Å²) in [5.74, 6) is 0.817. The molecule has 3 rings (SSSR count). The summed E-state index contributed by atoms with van der Waals surface area (Å²) in [6.07, 6.45) is 2.30. The van der Waals surface area contributed by atoms with E-state index in [1.165, 1.54) is 0 Å². The lowest BCUT2D eigenvalue weighted by molar-refractivity contribution is 0.0679. The Kier molecular flexibility index (Phi) is 5.08. The molecule has 1 amide bonds. The molecule has 6 heteroatoms. The van der Waals surface area contributed by atoms with Crippen molar-refractivity contribution < 1.29 is 18.8 Å². The van der Waals surface area contributed by atoms with Gasteiger partial charge in [0.1, 0.15) is 12.4 Å². The van der Waals surface area contributed by atoms with Crippen LogP contribution in [-0.4, -0.2) is 30.4 Å². The van der Waals surface area contributed by atoms with E-state index >= 15 is 0 Å². The van der Waals surface area contributed by atoms with Gasteiger partial charge < -0.3 is 14.0 Å². The highest BCUT2D eigenvalue weighted by Crippen LogP contribution is 2.24. The number of nitrogens with one attached hydrogen (secondary N) is 1. The van der Waals surface area contributed by atoms with E-state index in [0.717, 1.165) is 30.9 Å². The molecule has 1 aromatic heterocycles. The molecule has 0 spiro atoms. The fraction of sp³-hybridized carbons (Fsp3) is 0.474. The standard InChI is InChI=1S/C19H24N2O4/c1-19(2,3)16-11-17(25-21-16)20-18(22)13-6-8-14(9-7-13)24-12-15-5-4-10-23-15/h6-9,11,15H,4-5,10,12H2,1-3H3,(H,20,22)/t15-/m1/s1. The summed E-state index contributed by atoms with van der Waals surface area (Å²) < 4.78 is 16.4. The smallest absolute Gasteiger partial charge is 0.258 e. The van der Waals surface area contributed by atoms with Gasteiger partial charge in [0.2, 0.25) is 5.88 Å². The minimum atomic E-state index is -0.248. The first-order chi connectivity index (χ1) is 11.9. The van der Waals surface area contributed by atoms with Crippen LogP contribution in [0.1, 0.15) is 49.7 Å². The van der Waals surface area contributed by atoms with E-state index in [9.17, 15) is 4.79 Å². The Morgan fingerprint density at radius 3 is 2.68 bits per heavy atom. The Labute approximate surface area is 147 Å². The third-order valence-corrected chi connectivity index (χ3v) is 4.09. The molecule has 1 aliphatic rings. The van der Waals surface area contributed by atoms with Gasteiger partial charge in [0, 0.05) is 23.7 Å². The van der Waals surface area contributed by atoms with Crippen LogP contribution in [0, 0.1) is 0 Å². The molecule has 0 unspecified atom stereocenters. The maximum absolute atomic E-state index is 12.3. The summed E-state index contributed by atoms with van der Waals surface area (Å²) in [5.41, 5.74) is 1.19. The number of benzene rings is 1. The molecule has 1 aliphatic heterocycles. The van der Waals surface area contributed by atoms with Gasteiger partial charge in [0.25, 0.3) is 5.91 Å². The topological polar surface area (TPSA) is 73.6 Å². The van der Waals surface area contributed by atoms with Crippen molar-refractivity contribution >= 4 is 11.8 Å². The molecule has 2 aromatic rings. The number of ether oxygens (including phenoxy) is 2. The molecule has 1 fully saturated rings. The van der Waals surface area contributed by atoms with Gasteiger partial charge in [-0.05, 0) is 37.1 Å². The lowest BCUT2D eigenvalue weighted by Crippen LogP contribution is -2.16. The van der Waals surface area contributed by atoms with E-state index in [1.807, 2.05) is 20.8 Å². The molecule has 134 valence electrons. The second-order valence-corrected chi connectivity index (χ2v) is 7.25. The van der Waals surface area contributed by atoms with Crippen molar-refractivity contribution in [2.45, 2.75) is 45.1 Å². The third-order valence-electron chi connectivity index (χ3n) is 4.09. The van der Waals surface area contributed by atoms with Crippen molar-refractivity contribution in [2.75, 3.05) is 18.5 Å². The Bertz CT molecular complexity index is 710. The van der Waals surface area contributed by atoms with Crippen molar-refractivity contribution in [3.63, 3.8) is 0 Å². The molecule has 1 N–H and O–H groups in total. The number of rotatable bonds is 5. The van der Waals surface area contributed by atoms with Crippen molar-refractivity contribution in [1.29, 1.82) is 0 Å². The summed E-state index contributed by atoms with van der Waals surface area (Å²) in [6, 6.07) is 8.76. The molecule has 1 atom stereocenters. The maximum Gasteiger partial charge on any atom is 0.258 e. The number of aromatic nitrogens is 1. The van der Waals surface area contributed by atoms with Gasteiger partial charge in [0.05, 0.1) is 11.8 Å². The molecule has 2 heterocycles. The summed E-state index contributed by atoms with van der Waals surface area (Å²) in [6.45, 7) is 7.45. The first-order valence-electron chi connectivity index (χ1n) is 8.55. The molecule has 1 aromatic carbocycles. The van der Waals surface area contributed by atoms with Crippen LogP contribution in [0.5, 0.6) is 5.75 Å². The van der Waals surface area contributed by atoms with E-state index < -0.39 is 0 Å². The number of anilines is 1. The fourth-order valence-corrected chi connectivity index (χ4v) is 2.54. The number of nitrogens with zero attached hydrogens (tertiary/aromatic N) is 1. The van der Waals surface area contributed by atoms with Crippen LogP contribution < -0.4 is 10.1 Å². The number of amides is 1. The Hall–Kier alpha value is -2.34. The first kappa shape index (κ1) is 17.5. The van der Waals surface area contributed by atoms with Crippen LogP contribution in [0.25, 0.3) is 0 Å². The first-order valence-corrected chi connectivity index (χ1v) is 8.55. The number of carbonyl (C=O) groups excluding carboxylic acids is 1. The van der Waals surface area contributed by atoms with Gasteiger partial charge in [-0.1, -0.05) is 25.9 Å². The van der Waals surface area contributed by atoms with Crippen LogP contribution in [-0.2, 0) is 10.2 Å². The van der Waals surface area contributed by atoms with Gasteiger partial charge in [0.15, 0.2) is 0 Å². The molecule has 6 nitrogen and oxygen atoms in total. The van der Waals surface area contributed by atoms with Crippen LogP contribution in [0.3, 0.4) is 0 Å². The van der Waals surface area contributed by atoms with Gasteiger partial charge in [-0.15, -0.1) is 0 Å². The average Bonchev–Trinajstić information content (AvgIpc) is 3.24. The predicted octanol–water partition coefficient (Wildman–Crippen LogP) is 3.78. The van der Waals surface area contributed by atoms with Gasteiger partial charge in [-0.2, -0.15) is 0 Å². The minimum Gasteiger partial charge on any atom is -0.491 e. The molecule has 0 aliphatic carbocycles. The highest BCUT2D eigenvalue weighted by molar-refractivity contribution is 6.03. The quantitative estimate of drug-likeness (QED) is 0.893. The van der Waals surface area contributed by atoms with Gasteiger partial charge >= 0.3 is 0 Å². The number of carbonyl (C=O) groups is 1. The van der Waals surface area contributed by atoms with Crippen molar-refractivity contribution in [1.82, 2.24) is 5.16 Å². The zero-order chi connectivity index (χ0) is 17.9. The van der Waals surface area contributed by atoms with Crippen molar-refractivity contribution in [2.24, 2.45) is 0 Å². The molecule has 25 heavy (non-hydrogen) atoms. The average molecular weight is 344 g/mol. The van der Waals surface area contributed by atoms with Gasteiger partial charge in [-0.3, -0.25) is 10.1 Å². The molecular formula is C19H24N2O4. The largest absolute Gasteiger partial charge is 0.491 e. The predicted molar refractivity (Wildman–Crippen MR) is 94.1 cm³/mol. The monoisotopic (exact) mass is 344 g/mol. The molecular weight excluding hydrogens is 320 g/mol. The van der Waals surface area contributed by atoms with E-state index in [4.69, 9.17) is 14.0 Å². The third kappa shape index (κ3) is 4.60. The highest BCUT2D eigenvalue weighted by atomic mass is 16.5. The van der Waals surface area contributed by atoms with Crippen LogP contribution >= 0.6 is 0 Å². The van der Waals surface area contributed by atoms with E-state index in [2.05, 4.69) is 10.5 Å². The fourth-order valence-electron chi connectivity index (χ4n) is 2.54. The second-order valence-electron chi connectivity index (χ2n) is 7.25. The normalized spacial score (nSPS) is 17.5. The highest BCUT2D eigenvalue weighted by Gasteiger charge is 2.20. The summed E-state index contributed by atoms with van der Waals surface area (Å²) >= 11 is 0. The minimum absolute atomic E-state index is 0.130. The van der Waals surface area contributed by atoms with Crippen LogP contribution in [0.15, 0.2) is 34.9 Å². The maximum atomic E-state index is 12.3. The van der Waals surface area contributed by atoms with E-state index in [1.54, 1.807) is 30.3 Å². The lowest BCUT2D eigenvalue weighted by Gasteiger charge is -2.12. The second kappa shape index (κ2) is 7.27. The van der Waals surface area contributed by atoms with E-state index in [-0.39, 0.29) is 17.4 Å². The number of hydrogen-bond donors (Lipinski definition) is 1. The summed E-state index contributed by atoms with van der Waals surface area (Å²) in [4.78, 5) is 12.3. The molecule has 0 saturated carbocycles. The van der Waals surface area contributed by atoms with E-state index in [0.29, 0.717) is 18.1 Å². The van der Waals surface area contributed by atoms with Crippen molar-refractivity contribution in [3.8, 4) is 5.75 Å². The van der Waals surface area contributed by atoms with Gasteiger partial charge in [-0.25, -0.2) is 0 Å². The SMILES string of the molecule is CC(C)(C)c1cc(NC(=O)c2ccc(OC[C@H]3CCCO3)cc2)on1. The zero-order valence-electron chi connectivity index (χ0n) is 14.9. The summed E-state index contributed by atoms with van der Waals surface area (Å²) in [7, 11) is 0.